The van der Waals surface area contributed by atoms with Crippen LogP contribution in [0.1, 0.15) is 44.4 Å². The molecule has 0 spiro atoms. The van der Waals surface area contributed by atoms with Crippen LogP contribution in [0.3, 0.4) is 0 Å². The highest BCUT2D eigenvalue weighted by Gasteiger charge is 2.28. The van der Waals surface area contributed by atoms with Gasteiger partial charge in [0.25, 0.3) is 0 Å². The van der Waals surface area contributed by atoms with E-state index in [0.717, 1.165) is 35.5 Å². The number of aromatic nitrogens is 1. The van der Waals surface area contributed by atoms with Gasteiger partial charge in [-0.1, -0.05) is 0 Å². The number of benzene rings is 1. The normalized spacial score (nSPS) is 16.3. The number of rotatable bonds is 5. The highest BCUT2D eigenvalue weighted by molar-refractivity contribution is 5.92. The Kier molecular flexibility index (Phi) is 3.44. The fraction of sp³-hybridized carbons (Fsp3) is 0.467. The van der Waals surface area contributed by atoms with Crippen molar-refractivity contribution in [3.05, 3.63) is 24.1 Å². The van der Waals surface area contributed by atoms with E-state index in [2.05, 4.69) is 10.3 Å². The minimum Gasteiger partial charge on any atom is -0.440 e. The third-order valence-corrected chi connectivity index (χ3v) is 3.44. The van der Waals surface area contributed by atoms with E-state index in [-0.39, 0.29) is 11.9 Å². The molecule has 1 saturated carbocycles. The highest BCUT2D eigenvalue weighted by atomic mass is 16.3. The summed E-state index contributed by atoms with van der Waals surface area (Å²) in [6, 6.07) is 5.59. The van der Waals surface area contributed by atoms with E-state index >= 15 is 0 Å². The van der Waals surface area contributed by atoms with Gasteiger partial charge in [-0.05, 0) is 44.4 Å². The Morgan fingerprint density at radius 2 is 2.35 bits per heavy atom. The Hall–Kier alpha value is -1.88. The molecule has 1 heterocycles. The quantitative estimate of drug-likeness (QED) is 0.877. The van der Waals surface area contributed by atoms with Crippen LogP contribution in [0, 0.1) is 0 Å². The zero-order chi connectivity index (χ0) is 14.1. The number of carbonyl (C=O) groups is 1. The Morgan fingerprint density at radius 1 is 1.55 bits per heavy atom. The monoisotopic (exact) mass is 273 g/mol. The van der Waals surface area contributed by atoms with Crippen LogP contribution in [0.5, 0.6) is 0 Å². The van der Waals surface area contributed by atoms with Crippen LogP contribution in [0.2, 0.25) is 0 Å². The summed E-state index contributed by atoms with van der Waals surface area (Å²) in [5, 5.41) is 2.87. The van der Waals surface area contributed by atoms with Crippen molar-refractivity contribution in [1.29, 1.82) is 0 Å². The number of nitrogens with one attached hydrogen (secondary N) is 1. The molecule has 0 saturated heterocycles. The van der Waals surface area contributed by atoms with Crippen LogP contribution >= 0.6 is 0 Å². The summed E-state index contributed by atoms with van der Waals surface area (Å²) in [5.41, 5.74) is 7.98. The second-order valence-electron chi connectivity index (χ2n) is 5.57. The maximum atomic E-state index is 11.8. The third kappa shape index (κ3) is 2.99. The molecule has 1 unspecified atom stereocenters. The maximum absolute atomic E-state index is 11.8. The number of fused-ring (bicyclic) bond motifs is 1. The summed E-state index contributed by atoms with van der Waals surface area (Å²) in [4.78, 5) is 16.2. The molecule has 3 N–H and O–H groups in total. The van der Waals surface area contributed by atoms with Crippen molar-refractivity contribution in [2.24, 2.45) is 5.73 Å². The SMILES string of the molecule is CC(N)CCC(=O)Nc1ccc2oc(C3CC3)nc2c1. The molecular weight excluding hydrogens is 254 g/mol. The van der Waals surface area contributed by atoms with E-state index in [9.17, 15) is 4.79 Å². The van der Waals surface area contributed by atoms with Gasteiger partial charge in [-0.15, -0.1) is 0 Å². The standard InChI is InChI=1S/C15H19N3O2/c1-9(16)2-7-14(19)17-11-5-6-13-12(8-11)18-15(20-13)10-3-4-10/h5-6,8-10H,2-4,7,16H2,1H3,(H,17,19). The van der Waals surface area contributed by atoms with Crippen molar-refractivity contribution in [2.45, 2.75) is 44.6 Å². The summed E-state index contributed by atoms with van der Waals surface area (Å²) >= 11 is 0. The van der Waals surface area contributed by atoms with E-state index in [4.69, 9.17) is 10.2 Å². The molecule has 1 amide bonds. The lowest BCUT2D eigenvalue weighted by molar-refractivity contribution is -0.116. The molecule has 5 nitrogen and oxygen atoms in total. The topological polar surface area (TPSA) is 81.2 Å². The predicted octanol–water partition coefficient (Wildman–Crippen LogP) is 2.77. The lowest BCUT2D eigenvalue weighted by Gasteiger charge is -2.06. The van der Waals surface area contributed by atoms with Gasteiger partial charge in [0.2, 0.25) is 5.91 Å². The fourth-order valence-corrected chi connectivity index (χ4v) is 2.11. The molecule has 5 heteroatoms. The third-order valence-electron chi connectivity index (χ3n) is 3.44. The van der Waals surface area contributed by atoms with E-state index in [0.29, 0.717) is 18.8 Å². The number of oxazole rings is 1. The van der Waals surface area contributed by atoms with Crippen LogP contribution in [0.25, 0.3) is 11.1 Å². The molecule has 1 aromatic heterocycles. The van der Waals surface area contributed by atoms with E-state index in [1.165, 1.54) is 0 Å². The molecule has 20 heavy (non-hydrogen) atoms. The van der Waals surface area contributed by atoms with Crippen LogP contribution in [-0.4, -0.2) is 16.9 Å². The Morgan fingerprint density at radius 3 is 3.05 bits per heavy atom. The molecule has 0 radical (unpaired) electrons. The summed E-state index contributed by atoms with van der Waals surface area (Å²) in [5.74, 6) is 1.29. The number of nitrogens with two attached hydrogens (primary N) is 1. The summed E-state index contributed by atoms with van der Waals surface area (Å²) in [6.07, 6.45) is 3.44. The Balaban J connectivity index is 1.70. The van der Waals surface area contributed by atoms with Crippen molar-refractivity contribution in [3.8, 4) is 0 Å². The molecule has 0 bridgehead atoms. The van der Waals surface area contributed by atoms with Gasteiger partial charge < -0.3 is 15.5 Å². The van der Waals surface area contributed by atoms with Crippen molar-refractivity contribution >= 4 is 22.7 Å². The van der Waals surface area contributed by atoms with E-state index < -0.39 is 0 Å². The van der Waals surface area contributed by atoms with Gasteiger partial charge in [0.05, 0.1) is 0 Å². The van der Waals surface area contributed by atoms with Gasteiger partial charge >= 0.3 is 0 Å². The number of hydrogen-bond acceptors (Lipinski definition) is 4. The van der Waals surface area contributed by atoms with Crippen LogP contribution in [-0.2, 0) is 4.79 Å². The van der Waals surface area contributed by atoms with Crippen molar-refractivity contribution in [3.63, 3.8) is 0 Å². The first-order chi connectivity index (χ1) is 9.61. The highest BCUT2D eigenvalue weighted by Crippen LogP contribution is 2.40. The number of carbonyl (C=O) groups excluding carboxylic acids is 1. The second kappa shape index (κ2) is 5.25. The number of nitrogens with zero attached hydrogens (tertiary/aromatic N) is 1. The van der Waals surface area contributed by atoms with Crippen LogP contribution in [0.4, 0.5) is 5.69 Å². The number of anilines is 1. The molecule has 3 rings (SSSR count). The molecule has 1 aliphatic carbocycles. The first-order valence-electron chi connectivity index (χ1n) is 7.08. The van der Waals surface area contributed by atoms with Gasteiger partial charge in [0, 0.05) is 24.1 Å². The van der Waals surface area contributed by atoms with E-state index in [1.807, 2.05) is 25.1 Å². The molecule has 1 aromatic carbocycles. The van der Waals surface area contributed by atoms with Gasteiger partial charge in [0.15, 0.2) is 11.5 Å². The molecule has 1 aliphatic rings. The largest absolute Gasteiger partial charge is 0.440 e. The number of amides is 1. The maximum Gasteiger partial charge on any atom is 0.224 e. The first-order valence-corrected chi connectivity index (χ1v) is 7.08. The Bertz CT molecular complexity index is 629. The molecule has 0 aliphatic heterocycles. The smallest absolute Gasteiger partial charge is 0.224 e. The minimum atomic E-state index is -0.0208. The summed E-state index contributed by atoms with van der Waals surface area (Å²) < 4.78 is 5.69. The summed E-state index contributed by atoms with van der Waals surface area (Å²) in [7, 11) is 0. The molecule has 1 fully saturated rings. The summed E-state index contributed by atoms with van der Waals surface area (Å²) in [6.45, 7) is 1.90. The van der Waals surface area contributed by atoms with Gasteiger partial charge in [-0.3, -0.25) is 4.79 Å². The van der Waals surface area contributed by atoms with Crippen molar-refractivity contribution in [1.82, 2.24) is 4.98 Å². The minimum absolute atomic E-state index is 0.0208. The fourth-order valence-electron chi connectivity index (χ4n) is 2.11. The molecule has 2 aromatic rings. The second-order valence-corrected chi connectivity index (χ2v) is 5.57. The molecule has 1 atom stereocenters. The lowest BCUT2D eigenvalue weighted by atomic mass is 10.2. The van der Waals surface area contributed by atoms with Gasteiger partial charge in [0.1, 0.15) is 5.52 Å². The van der Waals surface area contributed by atoms with Gasteiger partial charge in [-0.25, -0.2) is 4.98 Å². The average Bonchev–Trinajstić information content (AvgIpc) is 3.16. The first kappa shape index (κ1) is 13.1. The molecular formula is C15H19N3O2. The number of hydrogen-bond donors (Lipinski definition) is 2. The zero-order valence-electron chi connectivity index (χ0n) is 11.6. The van der Waals surface area contributed by atoms with Gasteiger partial charge in [-0.2, -0.15) is 0 Å². The Labute approximate surface area is 117 Å². The van der Waals surface area contributed by atoms with Crippen molar-refractivity contribution in [2.75, 3.05) is 5.32 Å². The van der Waals surface area contributed by atoms with Crippen LogP contribution in [0.15, 0.2) is 22.6 Å². The average molecular weight is 273 g/mol. The van der Waals surface area contributed by atoms with E-state index in [1.54, 1.807) is 0 Å². The lowest BCUT2D eigenvalue weighted by Crippen LogP contribution is -2.19. The zero-order valence-corrected chi connectivity index (χ0v) is 11.6. The predicted molar refractivity (Wildman–Crippen MR) is 77.5 cm³/mol. The van der Waals surface area contributed by atoms with Crippen molar-refractivity contribution < 1.29 is 9.21 Å². The van der Waals surface area contributed by atoms with Crippen LogP contribution < -0.4 is 11.1 Å². The molecule has 106 valence electrons.